The second kappa shape index (κ2) is 23.5. The van der Waals surface area contributed by atoms with Crippen LogP contribution in [0.15, 0.2) is 70.6 Å². The minimum absolute atomic E-state index is 0.0731. The highest BCUT2D eigenvalue weighted by Crippen LogP contribution is 2.37. The summed E-state index contributed by atoms with van der Waals surface area (Å²) in [4.78, 5) is 67.4. The number of nitrogens with zero attached hydrogens (tertiary/aromatic N) is 2. The molecule has 3 aliphatic carbocycles. The Morgan fingerprint density at radius 3 is 1.14 bits per heavy atom. The van der Waals surface area contributed by atoms with Crippen LogP contribution in [0.5, 0.6) is 11.5 Å². The van der Waals surface area contributed by atoms with Gasteiger partial charge < -0.3 is 29.2 Å². The molecule has 2 heterocycles. The molecule has 2 fully saturated rings. The van der Waals surface area contributed by atoms with Crippen LogP contribution in [0.4, 0.5) is 0 Å². The molecule has 0 amide bonds. The van der Waals surface area contributed by atoms with Crippen LogP contribution in [-0.4, -0.2) is 83.0 Å². The smallest absolute Gasteiger partial charge is 0.352 e. The number of rotatable bonds is 10. The van der Waals surface area contributed by atoms with E-state index < -0.39 is 61.1 Å². The maximum Gasteiger partial charge on any atom is 0.352 e. The van der Waals surface area contributed by atoms with Crippen molar-refractivity contribution in [2.24, 2.45) is 21.8 Å². The number of aromatic hydroxyl groups is 2. The number of carbonyl (C=O) groups excluding carboxylic acids is 4. The molecule has 0 saturated heterocycles. The average molecular weight is 981 g/mol. The summed E-state index contributed by atoms with van der Waals surface area (Å²) in [5.74, 6) is -2.83. The number of benzene rings is 4. The van der Waals surface area contributed by atoms with Crippen LogP contribution in [0.2, 0.25) is 0 Å². The molecule has 2 saturated carbocycles. The second-order valence-corrected chi connectivity index (χ2v) is 21.2. The van der Waals surface area contributed by atoms with Gasteiger partial charge in [0.15, 0.2) is 0 Å². The van der Waals surface area contributed by atoms with Gasteiger partial charge in [-0.3, -0.25) is 19.6 Å². The van der Waals surface area contributed by atoms with Crippen molar-refractivity contribution in [2.45, 2.75) is 181 Å². The molecule has 9 rings (SSSR count). The summed E-state index contributed by atoms with van der Waals surface area (Å²) < 4.78 is 23.1. The monoisotopic (exact) mass is 981 g/mol. The number of ether oxygens (including phenoxy) is 4. The highest BCUT2D eigenvalue weighted by atomic mass is 16.6. The number of carbonyl (C=O) groups is 4. The summed E-state index contributed by atoms with van der Waals surface area (Å²) in [5, 5.41) is 24.8. The van der Waals surface area contributed by atoms with Gasteiger partial charge in [-0.15, -0.1) is 0 Å². The van der Waals surface area contributed by atoms with Crippen molar-refractivity contribution in [3.8, 4) is 11.5 Å². The molecule has 12 nitrogen and oxygen atoms in total. The number of phenols is 2. The van der Waals surface area contributed by atoms with Gasteiger partial charge in [-0.05, 0) is 170 Å². The third kappa shape index (κ3) is 12.8. The zero-order valence-corrected chi connectivity index (χ0v) is 42.9. The van der Waals surface area contributed by atoms with Gasteiger partial charge in [-0.2, -0.15) is 0 Å². The zero-order chi connectivity index (χ0) is 51.1. The fourth-order valence-corrected chi connectivity index (χ4v) is 11.2. The molecule has 4 aromatic carbocycles. The van der Waals surface area contributed by atoms with Crippen molar-refractivity contribution >= 4 is 36.3 Å². The molecule has 0 radical (unpaired) electrons. The Labute approximate surface area is 424 Å². The van der Waals surface area contributed by atoms with E-state index in [-0.39, 0.29) is 49.3 Å². The van der Waals surface area contributed by atoms with Gasteiger partial charge in [-0.25, -0.2) is 9.59 Å². The first-order chi connectivity index (χ1) is 34.6. The Morgan fingerprint density at radius 2 is 0.833 bits per heavy atom. The Hall–Kier alpha value is -6.30. The second-order valence-electron chi connectivity index (χ2n) is 21.2. The summed E-state index contributed by atoms with van der Waals surface area (Å²) in [5.41, 5.74) is 7.86. The maximum atomic E-state index is 14.6. The summed E-state index contributed by atoms with van der Waals surface area (Å²) in [6, 6.07) is 19.3. The molecule has 72 heavy (non-hydrogen) atoms. The first-order valence-electron chi connectivity index (χ1n) is 26.3. The summed E-state index contributed by atoms with van der Waals surface area (Å²) in [6.45, 7) is 10.8. The van der Waals surface area contributed by atoms with Gasteiger partial charge in [0, 0.05) is 50.2 Å². The Morgan fingerprint density at radius 1 is 0.514 bits per heavy atom. The van der Waals surface area contributed by atoms with E-state index in [0.717, 1.165) is 36.8 Å². The molecule has 0 unspecified atom stereocenters. The molecule has 12 heteroatoms. The van der Waals surface area contributed by atoms with Crippen LogP contribution in [0, 0.1) is 11.8 Å². The van der Waals surface area contributed by atoms with Crippen molar-refractivity contribution in [3.05, 3.63) is 127 Å². The molecule has 0 aromatic heterocycles. The topological polar surface area (TPSA) is 170 Å². The molecule has 0 spiro atoms. The molecular weight excluding hydrogens is 909 g/mol. The minimum atomic E-state index is -2.01. The number of esters is 4. The van der Waals surface area contributed by atoms with E-state index in [1.54, 1.807) is 27.7 Å². The quantitative estimate of drug-likeness (QED) is 0.0780. The molecule has 4 aromatic rings. The maximum absolute atomic E-state index is 14.6. The lowest BCUT2D eigenvalue weighted by atomic mass is 9.84. The summed E-state index contributed by atoms with van der Waals surface area (Å²) >= 11 is 0. The third-order valence-electron chi connectivity index (χ3n) is 15.0. The van der Waals surface area contributed by atoms with Crippen molar-refractivity contribution in [1.29, 1.82) is 0 Å². The van der Waals surface area contributed by atoms with Crippen LogP contribution in [-0.2, 0) is 76.7 Å². The lowest BCUT2D eigenvalue weighted by Gasteiger charge is -2.26. The number of hydrogen-bond donors (Lipinski definition) is 2. The van der Waals surface area contributed by atoms with Gasteiger partial charge in [0.05, 0.1) is 25.0 Å². The number of phenolic OH excluding ortho intramolecular Hbond substituents is 2. The van der Waals surface area contributed by atoms with E-state index in [2.05, 4.69) is 13.8 Å². The average Bonchev–Trinajstić information content (AvgIpc) is 3.35. The van der Waals surface area contributed by atoms with Crippen molar-refractivity contribution in [2.75, 3.05) is 0 Å². The fraction of sp³-hybridized carbons (Fsp3) is 0.500. The Bertz CT molecular complexity index is 2420. The predicted octanol–water partition coefficient (Wildman–Crippen LogP) is 10.4. The third-order valence-corrected chi connectivity index (χ3v) is 15.0. The first-order valence-corrected chi connectivity index (χ1v) is 26.3. The Balaban J connectivity index is 1.34. The van der Waals surface area contributed by atoms with E-state index in [1.807, 2.05) is 73.1 Å². The van der Waals surface area contributed by atoms with E-state index in [9.17, 15) is 29.4 Å². The van der Waals surface area contributed by atoms with Gasteiger partial charge in [0.1, 0.15) is 11.5 Å². The molecular formula is C60H72N2O10. The van der Waals surface area contributed by atoms with Gasteiger partial charge >= 0.3 is 23.9 Å². The van der Waals surface area contributed by atoms with Gasteiger partial charge in [0.25, 0.3) is 0 Å². The van der Waals surface area contributed by atoms with Crippen LogP contribution in [0.1, 0.15) is 173 Å². The van der Waals surface area contributed by atoms with E-state index in [0.29, 0.717) is 67.5 Å². The standard InChI is InChI=1S/C60H72N2O10/c1-35(2)69-59(67)57-58(60(68)70-36(3)4)72-54(64)32-52-45-21-14-22-46(52)30-50-26-40(34-62-38(6)42-17-11-8-12-18-42)24-48(56(50)66)28-44-20-13-19-43(51(44)31-53(63)71-57)27-47-23-39(25-49(29-45)55(47)65)33-61-37(5)41-15-9-7-10-16-41/h13-14,19-26,33-38,41-42,57-58,65-66H,7-12,15-18,27-32H2,1-6H3/t37-,38-,57-,58-/m1/s1. The van der Waals surface area contributed by atoms with Crippen LogP contribution in [0.3, 0.4) is 0 Å². The Kier molecular flexibility index (Phi) is 17.0. The van der Waals surface area contributed by atoms with Crippen LogP contribution >= 0.6 is 0 Å². The first kappa shape index (κ1) is 52.0. The molecule has 4 atom stereocenters. The van der Waals surface area contributed by atoms with Gasteiger partial charge in [-0.1, -0.05) is 74.9 Å². The lowest BCUT2D eigenvalue weighted by Crippen LogP contribution is -2.48. The lowest BCUT2D eigenvalue weighted by molar-refractivity contribution is -0.194. The number of aliphatic imine (C=N–C) groups is 2. The zero-order valence-electron chi connectivity index (χ0n) is 42.9. The van der Waals surface area contributed by atoms with Crippen molar-refractivity contribution < 1.29 is 48.3 Å². The highest BCUT2D eigenvalue weighted by molar-refractivity contribution is 5.90. The van der Waals surface area contributed by atoms with E-state index >= 15 is 0 Å². The van der Waals surface area contributed by atoms with E-state index in [4.69, 9.17) is 28.9 Å². The summed E-state index contributed by atoms with van der Waals surface area (Å²) in [7, 11) is 0. The minimum Gasteiger partial charge on any atom is -0.507 e. The fourth-order valence-electron chi connectivity index (χ4n) is 11.2. The summed E-state index contributed by atoms with van der Waals surface area (Å²) in [6.07, 6.45) is 10.2. The largest absolute Gasteiger partial charge is 0.507 e. The highest BCUT2D eigenvalue weighted by Gasteiger charge is 2.44. The molecule has 10 bridgehead atoms. The molecule has 382 valence electrons. The van der Waals surface area contributed by atoms with Crippen LogP contribution < -0.4 is 0 Å². The van der Waals surface area contributed by atoms with E-state index in [1.165, 1.54) is 38.5 Å². The van der Waals surface area contributed by atoms with Crippen molar-refractivity contribution in [1.82, 2.24) is 0 Å². The molecule has 5 aliphatic rings. The van der Waals surface area contributed by atoms with Gasteiger partial charge in [0.2, 0.25) is 12.2 Å². The molecule has 2 aliphatic heterocycles. The molecule has 2 N–H and O–H groups in total. The van der Waals surface area contributed by atoms with Crippen LogP contribution in [0.25, 0.3) is 0 Å². The normalized spacial score (nSPS) is 20.2. The number of fused-ring (bicyclic) bond motifs is 7. The number of hydrogen-bond acceptors (Lipinski definition) is 12. The SMILES string of the molecule is CC(C)OC(=O)[C@@H]1OC(=O)Cc2c3cccc2Cc2cc(C=N[C@H](C)C4CCCCC4)cc(c2O)Cc2cccc(c2CC(=O)O[C@H]1C(=O)OC(C)C)Cc1cc(C=N[C@H](C)C2CCCCC2)cc(c1O)C3. The predicted molar refractivity (Wildman–Crippen MR) is 277 cm³/mol. The van der Waals surface area contributed by atoms with Crippen molar-refractivity contribution in [3.63, 3.8) is 0 Å².